The van der Waals surface area contributed by atoms with Crippen molar-refractivity contribution >= 4 is 11.4 Å². The molecule has 0 amide bonds. The number of methoxy groups -OCH3 is 4. The first-order valence-corrected chi connectivity index (χ1v) is 15.8. The lowest BCUT2D eigenvalue weighted by atomic mass is 10.1. The minimum absolute atomic E-state index is 0.0112. The minimum atomic E-state index is -0.0112. The van der Waals surface area contributed by atoms with Gasteiger partial charge in [-0.2, -0.15) is 0 Å². The lowest BCUT2D eigenvalue weighted by Crippen LogP contribution is -2.25. The fraction of sp³-hybridized carbons (Fsp3) is 0.405. The van der Waals surface area contributed by atoms with Gasteiger partial charge in [0.1, 0.15) is 0 Å². The molecular formula is C37H48N4O6. The molecule has 0 aliphatic rings. The van der Waals surface area contributed by atoms with Gasteiger partial charge in [-0.1, -0.05) is 0 Å². The van der Waals surface area contributed by atoms with Crippen LogP contribution in [0.1, 0.15) is 34.1 Å². The molecule has 47 heavy (non-hydrogen) atoms. The number of hydrogen-bond acceptors (Lipinski definition) is 10. The summed E-state index contributed by atoms with van der Waals surface area (Å²) in [6, 6.07) is 15.9. The Bertz CT molecular complexity index is 1420. The molecule has 0 radical (unpaired) electrons. The molecule has 0 fully saturated rings. The van der Waals surface area contributed by atoms with E-state index in [1.54, 1.807) is 28.4 Å². The molecular weight excluding hydrogens is 596 g/mol. The second kappa shape index (κ2) is 16.1. The van der Waals surface area contributed by atoms with Gasteiger partial charge in [-0.3, -0.25) is 9.97 Å². The van der Waals surface area contributed by atoms with Gasteiger partial charge in [0.25, 0.3) is 0 Å². The van der Waals surface area contributed by atoms with Gasteiger partial charge in [0.15, 0.2) is 23.0 Å². The van der Waals surface area contributed by atoms with Crippen molar-refractivity contribution in [3.63, 3.8) is 0 Å². The topological polar surface area (TPSA) is 87.6 Å². The fourth-order valence-electron chi connectivity index (χ4n) is 5.13. The van der Waals surface area contributed by atoms with E-state index >= 15 is 0 Å². The first-order valence-electron chi connectivity index (χ1n) is 15.8. The largest absolute Gasteiger partial charge is 0.493 e. The summed E-state index contributed by atoms with van der Waals surface area (Å²) in [7, 11) is 10.7. The number of benzene rings is 2. The molecule has 10 nitrogen and oxygen atoms in total. The van der Waals surface area contributed by atoms with Crippen molar-refractivity contribution < 1.29 is 28.4 Å². The second-order valence-corrected chi connectivity index (χ2v) is 11.8. The summed E-state index contributed by atoms with van der Waals surface area (Å²) in [6.45, 7) is 9.61. The molecule has 4 rings (SSSR count). The highest BCUT2D eigenvalue weighted by atomic mass is 16.5. The quantitative estimate of drug-likeness (QED) is 0.123. The molecule has 4 aromatic rings. The summed E-state index contributed by atoms with van der Waals surface area (Å²) in [4.78, 5) is 13.9. The number of rotatable bonds is 16. The summed E-state index contributed by atoms with van der Waals surface area (Å²) >= 11 is 0. The fourth-order valence-corrected chi connectivity index (χ4v) is 5.13. The Morgan fingerprint density at radius 2 is 0.894 bits per heavy atom. The molecule has 0 N–H and O–H groups in total. The van der Waals surface area contributed by atoms with Crippen LogP contribution in [0, 0.1) is 0 Å². The van der Waals surface area contributed by atoms with Gasteiger partial charge in [-0.25, -0.2) is 0 Å². The van der Waals surface area contributed by atoms with E-state index in [2.05, 4.69) is 36.0 Å². The van der Waals surface area contributed by atoms with E-state index in [1.807, 2.05) is 76.5 Å². The number of ether oxygens (including phenoxy) is 6. The minimum Gasteiger partial charge on any atom is -0.493 e. The normalized spacial score (nSPS) is 11.0. The van der Waals surface area contributed by atoms with Crippen LogP contribution < -0.4 is 38.2 Å². The Morgan fingerprint density at radius 3 is 1.15 bits per heavy atom. The molecule has 252 valence electrons. The van der Waals surface area contributed by atoms with E-state index in [1.165, 1.54) is 0 Å². The Labute approximate surface area is 279 Å². The average Bonchev–Trinajstić information content (AvgIpc) is 3.07. The number of hydrogen-bond donors (Lipinski definition) is 0. The van der Waals surface area contributed by atoms with Crippen LogP contribution in [-0.4, -0.2) is 77.8 Å². The highest BCUT2D eigenvalue weighted by Gasteiger charge is 2.18. The number of anilines is 2. The van der Waals surface area contributed by atoms with Gasteiger partial charge in [-0.15, -0.1) is 0 Å². The van der Waals surface area contributed by atoms with Gasteiger partial charge in [0, 0.05) is 38.3 Å². The third-order valence-electron chi connectivity index (χ3n) is 7.58. The van der Waals surface area contributed by atoms with Crippen LogP contribution in [0.4, 0.5) is 11.4 Å². The van der Waals surface area contributed by atoms with Crippen LogP contribution in [-0.2, 0) is 0 Å². The second-order valence-electron chi connectivity index (χ2n) is 11.8. The zero-order chi connectivity index (χ0) is 34.1. The number of nitrogens with zero attached hydrogens (tertiary/aromatic N) is 4. The molecule has 2 aromatic carbocycles. The van der Waals surface area contributed by atoms with E-state index in [-0.39, 0.29) is 12.2 Å². The lowest BCUT2D eigenvalue weighted by Gasteiger charge is -2.23. The maximum atomic E-state index is 5.94. The standard InChI is InChI=1S/C37H48N4O6/c1-24(2)46-36-32(42-7)18-26(19-33(36)43-8)30-14-12-28(22-38-30)40(5)16-11-17-41(6)29-13-15-31(39-23-29)27-20-34(44-9)37(47-25(3)4)35(21-27)45-10/h12-15,18-25H,11,16-17H2,1-10H3. The first kappa shape index (κ1) is 35.0. The van der Waals surface area contributed by atoms with E-state index < -0.39 is 0 Å². The van der Waals surface area contributed by atoms with Crippen LogP contribution >= 0.6 is 0 Å². The molecule has 0 aliphatic heterocycles. The van der Waals surface area contributed by atoms with Crippen molar-refractivity contribution in [2.24, 2.45) is 0 Å². The highest BCUT2D eigenvalue weighted by Crippen LogP contribution is 2.43. The third-order valence-corrected chi connectivity index (χ3v) is 7.58. The summed E-state index contributed by atoms with van der Waals surface area (Å²) < 4.78 is 34.3. The zero-order valence-electron chi connectivity index (χ0n) is 29.3. The van der Waals surface area contributed by atoms with Crippen molar-refractivity contribution in [2.75, 3.05) is 65.4 Å². The van der Waals surface area contributed by atoms with Crippen LogP contribution in [0.15, 0.2) is 60.9 Å². The van der Waals surface area contributed by atoms with Crippen LogP contribution in [0.25, 0.3) is 22.5 Å². The molecule has 0 bridgehead atoms. The smallest absolute Gasteiger partial charge is 0.203 e. The molecule has 10 heteroatoms. The molecule has 0 saturated heterocycles. The van der Waals surface area contributed by atoms with E-state index in [0.717, 1.165) is 53.4 Å². The van der Waals surface area contributed by atoms with E-state index in [0.29, 0.717) is 34.5 Å². The molecule has 2 heterocycles. The summed E-state index contributed by atoms with van der Waals surface area (Å²) in [5.41, 5.74) is 5.50. The molecule has 0 aliphatic carbocycles. The summed E-state index contributed by atoms with van der Waals surface area (Å²) in [6.07, 6.45) is 4.72. The van der Waals surface area contributed by atoms with Gasteiger partial charge in [0.05, 0.1) is 75.8 Å². The number of pyridine rings is 2. The third kappa shape index (κ3) is 8.69. The highest BCUT2D eigenvalue weighted by molar-refractivity contribution is 5.71. The van der Waals surface area contributed by atoms with Crippen molar-refractivity contribution in [2.45, 2.75) is 46.3 Å². The summed E-state index contributed by atoms with van der Waals surface area (Å²) in [5.74, 6) is 3.61. The number of aromatic nitrogens is 2. The van der Waals surface area contributed by atoms with Crippen molar-refractivity contribution in [3.8, 4) is 57.0 Å². The lowest BCUT2D eigenvalue weighted by molar-refractivity contribution is 0.218. The monoisotopic (exact) mass is 644 g/mol. The molecule has 0 atom stereocenters. The van der Waals surface area contributed by atoms with Crippen LogP contribution in [0.3, 0.4) is 0 Å². The average molecular weight is 645 g/mol. The summed E-state index contributed by atoms with van der Waals surface area (Å²) in [5, 5.41) is 0. The van der Waals surface area contributed by atoms with E-state index in [9.17, 15) is 0 Å². The zero-order valence-corrected chi connectivity index (χ0v) is 29.3. The predicted octanol–water partition coefficient (Wildman–Crippen LogP) is 7.38. The Morgan fingerprint density at radius 1 is 0.553 bits per heavy atom. The van der Waals surface area contributed by atoms with E-state index in [4.69, 9.17) is 38.4 Å². The van der Waals surface area contributed by atoms with Crippen molar-refractivity contribution in [1.82, 2.24) is 9.97 Å². The van der Waals surface area contributed by atoms with Crippen molar-refractivity contribution in [1.29, 1.82) is 0 Å². The van der Waals surface area contributed by atoms with Crippen molar-refractivity contribution in [3.05, 3.63) is 60.9 Å². The Balaban J connectivity index is 1.36. The maximum Gasteiger partial charge on any atom is 0.203 e. The van der Waals surface area contributed by atoms with Crippen LogP contribution in [0.5, 0.6) is 34.5 Å². The molecule has 0 spiro atoms. The SMILES string of the molecule is COc1cc(-c2ccc(N(C)CCCN(C)c3ccc(-c4cc(OC)c(OC(C)C)c(OC)c4)nc3)cn2)cc(OC)c1OC(C)C. The van der Waals surface area contributed by atoms with Gasteiger partial charge < -0.3 is 38.2 Å². The maximum absolute atomic E-state index is 5.94. The first-order chi connectivity index (χ1) is 22.6. The van der Waals surface area contributed by atoms with Gasteiger partial charge in [0.2, 0.25) is 11.5 Å². The Kier molecular flexibility index (Phi) is 12.0. The predicted molar refractivity (Wildman–Crippen MR) is 188 cm³/mol. The van der Waals surface area contributed by atoms with Gasteiger partial charge in [-0.05, 0) is 82.6 Å². The molecule has 2 aromatic heterocycles. The molecule has 0 unspecified atom stereocenters. The van der Waals surface area contributed by atoms with Gasteiger partial charge >= 0.3 is 0 Å². The Hall–Kier alpha value is -4.86. The molecule has 0 saturated carbocycles. The van der Waals surface area contributed by atoms with Crippen LogP contribution in [0.2, 0.25) is 0 Å².